The molecule has 0 bridgehead atoms. The average Bonchev–Trinajstić information content (AvgIpc) is 2.56. The van der Waals surface area contributed by atoms with Crippen LogP contribution in [0.1, 0.15) is 54.8 Å². The van der Waals surface area contributed by atoms with E-state index in [-0.39, 0.29) is 5.92 Å². The van der Waals surface area contributed by atoms with Gasteiger partial charge >= 0.3 is 0 Å². The molecule has 1 fully saturated rings. The van der Waals surface area contributed by atoms with E-state index < -0.39 is 23.2 Å². The molecule has 0 saturated heterocycles. The summed E-state index contributed by atoms with van der Waals surface area (Å²) >= 11 is 0. The minimum absolute atomic E-state index is 0.0386. The Hall–Kier alpha value is -1.81. The molecule has 4 heteroatoms. The van der Waals surface area contributed by atoms with Crippen LogP contribution in [0.4, 0.5) is 8.78 Å². The maximum Gasteiger partial charge on any atom is 0.159 e. The topological polar surface area (TPSA) is 33.1 Å². The van der Waals surface area contributed by atoms with E-state index in [1.54, 1.807) is 12.3 Å². The average molecular weight is 329 g/mol. The van der Waals surface area contributed by atoms with E-state index in [1.807, 2.05) is 6.07 Å². The summed E-state index contributed by atoms with van der Waals surface area (Å²) in [7, 11) is 0. The first-order valence-electron chi connectivity index (χ1n) is 8.69. The van der Waals surface area contributed by atoms with Crippen molar-refractivity contribution < 1.29 is 13.9 Å². The lowest BCUT2D eigenvalue weighted by atomic mass is 9.57. The van der Waals surface area contributed by atoms with E-state index in [9.17, 15) is 13.9 Å². The Labute approximate surface area is 140 Å². The quantitative estimate of drug-likeness (QED) is 0.912. The fourth-order valence-electron chi connectivity index (χ4n) is 4.46. The lowest BCUT2D eigenvalue weighted by Crippen LogP contribution is -2.49. The summed E-state index contributed by atoms with van der Waals surface area (Å²) in [5, 5.41) is 11.2. The van der Waals surface area contributed by atoms with Gasteiger partial charge in [0, 0.05) is 23.2 Å². The number of aliphatic hydroxyl groups excluding tert-OH is 1. The third-order valence-corrected chi connectivity index (χ3v) is 5.93. The van der Waals surface area contributed by atoms with Crippen LogP contribution < -0.4 is 0 Å². The standard InChI is InChI=1S/C20H21F2NO/c21-16-8-7-14(12-17(16)22)20(9-3-10-20)19(24)15-6-1-4-13-5-2-11-23-18(13)15/h2,5,7-8,11-12,15,19,24H,1,3-4,6,9-10H2. The van der Waals surface area contributed by atoms with Crippen molar-refractivity contribution in [3.05, 3.63) is 65.0 Å². The highest BCUT2D eigenvalue weighted by molar-refractivity contribution is 5.35. The number of halogens is 2. The molecule has 24 heavy (non-hydrogen) atoms. The van der Waals surface area contributed by atoms with E-state index in [4.69, 9.17) is 0 Å². The molecule has 1 heterocycles. The first kappa shape index (κ1) is 15.7. The van der Waals surface area contributed by atoms with E-state index >= 15 is 0 Å². The van der Waals surface area contributed by atoms with Crippen molar-refractivity contribution in [1.29, 1.82) is 0 Å². The Bertz CT molecular complexity index is 757. The zero-order chi connectivity index (χ0) is 16.7. The van der Waals surface area contributed by atoms with E-state index in [0.717, 1.165) is 44.2 Å². The van der Waals surface area contributed by atoms with Crippen molar-refractivity contribution in [3.63, 3.8) is 0 Å². The molecule has 1 aromatic heterocycles. The molecule has 1 N–H and O–H groups in total. The van der Waals surface area contributed by atoms with Crippen molar-refractivity contribution in [3.8, 4) is 0 Å². The number of pyridine rings is 1. The van der Waals surface area contributed by atoms with Gasteiger partial charge in [0.25, 0.3) is 0 Å². The molecule has 0 amide bonds. The normalized spacial score (nSPS) is 23.2. The van der Waals surface area contributed by atoms with Crippen molar-refractivity contribution >= 4 is 0 Å². The van der Waals surface area contributed by atoms with Gasteiger partial charge in [-0.1, -0.05) is 18.6 Å². The number of aromatic nitrogens is 1. The Balaban J connectivity index is 1.72. The number of nitrogens with zero attached hydrogens (tertiary/aromatic N) is 1. The van der Waals surface area contributed by atoms with Gasteiger partial charge in [-0.25, -0.2) is 8.78 Å². The second kappa shape index (κ2) is 5.92. The third kappa shape index (κ3) is 2.35. The Morgan fingerprint density at radius 1 is 1.12 bits per heavy atom. The fourth-order valence-corrected chi connectivity index (χ4v) is 4.46. The second-order valence-corrected chi connectivity index (χ2v) is 7.13. The van der Waals surface area contributed by atoms with Gasteiger partial charge in [0.1, 0.15) is 0 Å². The Kier molecular flexibility index (Phi) is 3.87. The minimum atomic E-state index is -0.840. The van der Waals surface area contributed by atoms with Gasteiger partial charge in [-0.05, 0) is 61.4 Å². The number of fused-ring (bicyclic) bond motifs is 1. The summed E-state index contributed by atoms with van der Waals surface area (Å²) in [6.07, 6.45) is 6.66. The van der Waals surface area contributed by atoms with Crippen molar-refractivity contribution in [2.75, 3.05) is 0 Å². The van der Waals surface area contributed by atoms with Crippen LogP contribution in [0.2, 0.25) is 0 Å². The lowest BCUT2D eigenvalue weighted by molar-refractivity contribution is 0.00299. The summed E-state index contributed by atoms with van der Waals surface area (Å²) in [6.45, 7) is 0. The zero-order valence-corrected chi connectivity index (χ0v) is 13.5. The van der Waals surface area contributed by atoms with Crippen LogP contribution in [0.3, 0.4) is 0 Å². The van der Waals surface area contributed by atoms with Crippen LogP contribution in [-0.4, -0.2) is 16.2 Å². The summed E-state index contributed by atoms with van der Waals surface area (Å²) in [5.41, 5.74) is 2.41. The maximum absolute atomic E-state index is 13.7. The van der Waals surface area contributed by atoms with Crippen LogP contribution in [0.15, 0.2) is 36.5 Å². The monoisotopic (exact) mass is 329 g/mol. The molecule has 126 valence electrons. The van der Waals surface area contributed by atoms with Gasteiger partial charge in [-0.2, -0.15) is 0 Å². The van der Waals surface area contributed by atoms with Crippen molar-refractivity contribution in [2.45, 2.75) is 56.0 Å². The lowest BCUT2D eigenvalue weighted by Gasteiger charge is -2.49. The van der Waals surface area contributed by atoms with E-state index in [2.05, 4.69) is 11.1 Å². The molecule has 4 rings (SSSR count). The van der Waals surface area contributed by atoms with Crippen LogP contribution in [-0.2, 0) is 11.8 Å². The zero-order valence-electron chi connectivity index (χ0n) is 13.5. The number of aryl methyl sites for hydroxylation is 1. The molecule has 2 aromatic rings. The highest BCUT2D eigenvalue weighted by Crippen LogP contribution is 2.51. The fraction of sp³-hybridized carbons (Fsp3) is 0.450. The van der Waals surface area contributed by atoms with Gasteiger partial charge in [-0.3, -0.25) is 4.98 Å². The van der Waals surface area contributed by atoms with Gasteiger partial charge in [-0.15, -0.1) is 0 Å². The summed E-state index contributed by atoms with van der Waals surface area (Å²) in [6, 6.07) is 8.07. The molecule has 1 aromatic carbocycles. The molecule has 0 radical (unpaired) electrons. The molecule has 2 unspecified atom stereocenters. The summed E-state index contributed by atoms with van der Waals surface area (Å²) in [4.78, 5) is 4.52. The van der Waals surface area contributed by atoms with Gasteiger partial charge in [0.2, 0.25) is 0 Å². The first-order valence-corrected chi connectivity index (χ1v) is 8.69. The SMILES string of the molecule is OC(C1CCCc2cccnc21)C1(c2ccc(F)c(F)c2)CCC1. The molecule has 0 aliphatic heterocycles. The summed E-state index contributed by atoms with van der Waals surface area (Å²) in [5.74, 6) is -1.72. The van der Waals surface area contributed by atoms with E-state index in [1.165, 1.54) is 17.7 Å². The molecule has 2 nitrogen and oxygen atoms in total. The Morgan fingerprint density at radius 2 is 1.96 bits per heavy atom. The molecular formula is C20H21F2NO. The number of hydrogen-bond acceptors (Lipinski definition) is 2. The number of benzene rings is 1. The highest BCUT2D eigenvalue weighted by atomic mass is 19.2. The van der Waals surface area contributed by atoms with Crippen LogP contribution in [0, 0.1) is 11.6 Å². The smallest absolute Gasteiger partial charge is 0.159 e. The number of rotatable bonds is 3. The van der Waals surface area contributed by atoms with Crippen LogP contribution in [0.5, 0.6) is 0 Å². The molecular weight excluding hydrogens is 308 g/mol. The van der Waals surface area contributed by atoms with Crippen LogP contribution >= 0.6 is 0 Å². The Morgan fingerprint density at radius 3 is 2.67 bits per heavy atom. The van der Waals surface area contributed by atoms with Crippen molar-refractivity contribution in [2.24, 2.45) is 0 Å². The number of hydrogen-bond donors (Lipinski definition) is 1. The van der Waals surface area contributed by atoms with E-state index in [0.29, 0.717) is 5.56 Å². The largest absolute Gasteiger partial charge is 0.392 e. The first-order chi connectivity index (χ1) is 11.6. The molecule has 1 saturated carbocycles. The molecule has 2 aliphatic rings. The van der Waals surface area contributed by atoms with Gasteiger partial charge in [0.15, 0.2) is 11.6 Å². The maximum atomic E-state index is 13.7. The number of aliphatic hydroxyl groups is 1. The molecule has 2 aliphatic carbocycles. The van der Waals surface area contributed by atoms with Crippen molar-refractivity contribution in [1.82, 2.24) is 4.98 Å². The highest BCUT2D eigenvalue weighted by Gasteiger charge is 2.49. The summed E-state index contributed by atoms with van der Waals surface area (Å²) < 4.78 is 27.1. The predicted molar refractivity (Wildman–Crippen MR) is 87.8 cm³/mol. The second-order valence-electron chi connectivity index (χ2n) is 7.13. The third-order valence-electron chi connectivity index (χ3n) is 5.93. The predicted octanol–water partition coefficient (Wildman–Crippen LogP) is 4.26. The van der Waals surface area contributed by atoms with Crippen LogP contribution in [0.25, 0.3) is 0 Å². The van der Waals surface area contributed by atoms with Gasteiger partial charge < -0.3 is 5.11 Å². The van der Waals surface area contributed by atoms with Gasteiger partial charge in [0.05, 0.1) is 6.10 Å². The minimum Gasteiger partial charge on any atom is -0.392 e. The molecule has 0 spiro atoms. The molecule has 2 atom stereocenters.